The van der Waals surface area contributed by atoms with Crippen LogP contribution in [0.2, 0.25) is 0 Å². The first-order chi connectivity index (χ1) is 11.8. The second-order valence-corrected chi connectivity index (χ2v) is 6.47. The smallest absolute Gasteiger partial charge is 0.258 e. The van der Waals surface area contributed by atoms with Gasteiger partial charge in [-0.25, -0.2) is 4.98 Å². The third kappa shape index (κ3) is 2.45. The van der Waals surface area contributed by atoms with Crippen LogP contribution in [-0.4, -0.2) is 17.4 Å². The molecule has 0 radical (unpaired) electrons. The van der Waals surface area contributed by atoms with Crippen LogP contribution in [0, 0.1) is 0 Å². The predicted octanol–water partition coefficient (Wildman–Crippen LogP) is 5.12. The number of hydrogen-bond acceptors (Lipinski definition) is 3. The molecule has 4 aromatic rings. The molecule has 24 heavy (non-hydrogen) atoms. The van der Waals surface area contributed by atoms with Gasteiger partial charge in [-0.2, -0.15) is 0 Å². The lowest BCUT2D eigenvalue weighted by molar-refractivity contribution is 0.0988. The van der Waals surface area contributed by atoms with E-state index in [2.05, 4.69) is 23.2 Å². The van der Waals surface area contributed by atoms with Crippen LogP contribution >= 0.6 is 11.3 Å². The van der Waals surface area contributed by atoms with E-state index in [-0.39, 0.29) is 5.91 Å². The molecule has 4 rings (SSSR count). The van der Waals surface area contributed by atoms with Crippen molar-refractivity contribution < 1.29 is 4.79 Å². The topological polar surface area (TPSA) is 33.2 Å². The van der Waals surface area contributed by atoms with Gasteiger partial charge in [0.2, 0.25) is 0 Å². The highest BCUT2D eigenvalue weighted by Crippen LogP contribution is 2.28. The molecule has 0 unspecified atom stereocenters. The lowest BCUT2D eigenvalue weighted by Crippen LogP contribution is -2.30. The van der Waals surface area contributed by atoms with Gasteiger partial charge in [-0.1, -0.05) is 36.4 Å². The Morgan fingerprint density at radius 2 is 1.92 bits per heavy atom. The highest BCUT2D eigenvalue weighted by Gasteiger charge is 2.18. The molecule has 118 valence electrons. The lowest BCUT2D eigenvalue weighted by atomic mass is 10.1. The molecule has 0 saturated carbocycles. The first-order valence-corrected chi connectivity index (χ1v) is 8.79. The number of aromatic nitrogens is 1. The van der Waals surface area contributed by atoms with Crippen LogP contribution in [0.3, 0.4) is 0 Å². The van der Waals surface area contributed by atoms with E-state index < -0.39 is 0 Å². The van der Waals surface area contributed by atoms with Crippen LogP contribution in [0.1, 0.15) is 17.3 Å². The van der Waals surface area contributed by atoms with Gasteiger partial charge in [-0.3, -0.25) is 4.79 Å². The quantitative estimate of drug-likeness (QED) is 0.522. The highest BCUT2D eigenvalue weighted by atomic mass is 32.1. The standard InChI is InChI=1S/C20H16N2OS/c1-2-22(18-9-5-7-14-6-3-4-8-16(14)18)20(23)15-10-11-17-19(12-15)24-13-21-17/h3-13H,2H2,1H3. The fourth-order valence-electron chi connectivity index (χ4n) is 3.01. The molecule has 1 heterocycles. The zero-order valence-electron chi connectivity index (χ0n) is 13.3. The van der Waals surface area contributed by atoms with Gasteiger partial charge in [0.25, 0.3) is 5.91 Å². The molecule has 3 aromatic carbocycles. The van der Waals surface area contributed by atoms with Crippen molar-refractivity contribution in [2.24, 2.45) is 0 Å². The van der Waals surface area contributed by atoms with Crippen molar-refractivity contribution in [3.05, 3.63) is 71.7 Å². The van der Waals surface area contributed by atoms with E-state index in [1.807, 2.05) is 54.3 Å². The third-order valence-corrected chi connectivity index (χ3v) is 4.99. The van der Waals surface area contributed by atoms with E-state index >= 15 is 0 Å². The number of amides is 1. The maximum atomic E-state index is 13.1. The van der Waals surface area contributed by atoms with Crippen LogP contribution in [0.4, 0.5) is 5.69 Å². The minimum absolute atomic E-state index is 0.0177. The zero-order chi connectivity index (χ0) is 16.5. The normalized spacial score (nSPS) is 11.0. The molecule has 4 heteroatoms. The van der Waals surface area contributed by atoms with Gasteiger partial charge in [-0.05, 0) is 36.6 Å². The average Bonchev–Trinajstić information content (AvgIpc) is 3.10. The molecule has 0 spiro atoms. The molecule has 0 saturated heterocycles. The number of fused-ring (bicyclic) bond motifs is 2. The Bertz CT molecular complexity index is 1030. The summed E-state index contributed by atoms with van der Waals surface area (Å²) < 4.78 is 1.04. The number of benzene rings is 3. The first kappa shape index (κ1) is 14.8. The third-order valence-electron chi connectivity index (χ3n) is 4.20. The minimum atomic E-state index is 0.0177. The van der Waals surface area contributed by atoms with Gasteiger partial charge in [0.05, 0.1) is 21.4 Å². The van der Waals surface area contributed by atoms with Crippen LogP contribution in [0.15, 0.2) is 66.2 Å². The van der Waals surface area contributed by atoms with Crippen LogP contribution in [0.5, 0.6) is 0 Å². The molecule has 1 aromatic heterocycles. The van der Waals surface area contributed by atoms with Crippen LogP contribution < -0.4 is 4.90 Å². The number of nitrogens with zero attached hydrogens (tertiary/aromatic N) is 2. The Hall–Kier alpha value is -2.72. The van der Waals surface area contributed by atoms with Crippen LogP contribution in [0.25, 0.3) is 21.0 Å². The van der Waals surface area contributed by atoms with Gasteiger partial charge in [0.15, 0.2) is 0 Å². The average molecular weight is 332 g/mol. The summed E-state index contributed by atoms with van der Waals surface area (Å²) in [6.07, 6.45) is 0. The van der Waals surface area contributed by atoms with E-state index in [0.717, 1.165) is 26.7 Å². The molecule has 0 aliphatic carbocycles. The minimum Gasteiger partial charge on any atom is -0.308 e. The molecule has 1 amide bonds. The molecular formula is C20H16N2OS. The predicted molar refractivity (Wildman–Crippen MR) is 101 cm³/mol. The number of carbonyl (C=O) groups is 1. The highest BCUT2D eigenvalue weighted by molar-refractivity contribution is 7.16. The molecule has 0 aliphatic rings. The fraction of sp³-hybridized carbons (Fsp3) is 0.100. The van der Waals surface area contributed by atoms with Crippen molar-refractivity contribution in [1.29, 1.82) is 0 Å². The van der Waals surface area contributed by atoms with Crippen LogP contribution in [-0.2, 0) is 0 Å². The molecule has 3 nitrogen and oxygen atoms in total. The van der Waals surface area contributed by atoms with Crippen molar-refractivity contribution in [1.82, 2.24) is 4.98 Å². The van der Waals surface area contributed by atoms with Gasteiger partial charge in [0.1, 0.15) is 0 Å². The molecule has 0 aliphatic heterocycles. The Morgan fingerprint density at radius 1 is 1.08 bits per heavy atom. The number of rotatable bonds is 3. The van der Waals surface area contributed by atoms with Gasteiger partial charge in [-0.15, -0.1) is 11.3 Å². The maximum absolute atomic E-state index is 13.1. The number of carbonyl (C=O) groups excluding carboxylic acids is 1. The molecule has 0 atom stereocenters. The summed E-state index contributed by atoms with van der Waals surface area (Å²) in [5, 5.41) is 2.23. The van der Waals surface area contributed by atoms with E-state index in [9.17, 15) is 4.79 Å². The van der Waals surface area contributed by atoms with Gasteiger partial charge >= 0.3 is 0 Å². The summed E-state index contributed by atoms with van der Waals surface area (Å²) in [7, 11) is 0. The second-order valence-electron chi connectivity index (χ2n) is 5.58. The fourth-order valence-corrected chi connectivity index (χ4v) is 3.73. The van der Waals surface area contributed by atoms with E-state index in [1.54, 1.807) is 16.8 Å². The van der Waals surface area contributed by atoms with Crippen molar-refractivity contribution in [2.45, 2.75) is 6.92 Å². The molecule has 0 fully saturated rings. The molecule has 0 bridgehead atoms. The Labute approximate surface area is 144 Å². The van der Waals surface area contributed by atoms with Crippen molar-refractivity contribution in [2.75, 3.05) is 11.4 Å². The summed E-state index contributed by atoms with van der Waals surface area (Å²) in [6, 6.07) is 19.9. The van der Waals surface area contributed by atoms with E-state index in [1.165, 1.54) is 0 Å². The van der Waals surface area contributed by atoms with Crippen molar-refractivity contribution in [3.8, 4) is 0 Å². The van der Waals surface area contributed by atoms with Gasteiger partial charge in [0, 0.05) is 17.5 Å². The Balaban J connectivity index is 1.80. The van der Waals surface area contributed by atoms with Crippen molar-refractivity contribution in [3.63, 3.8) is 0 Å². The summed E-state index contributed by atoms with van der Waals surface area (Å²) >= 11 is 1.55. The Morgan fingerprint density at radius 3 is 2.79 bits per heavy atom. The van der Waals surface area contributed by atoms with E-state index in [0.29, 0.717) is 12.1 Å². The van der Waals surface area contributed by atoms with E-state index in [4.69, 9.17) is 0 Å². The monoisotopic (exact) mass is 332 g/mol. The lowest BCUT2D eigenvalue weighted by Gasteiger charge is -2.23. The first-order valence-electron chi connectivity index (χ1n) is 7.91. The number of anilines is 1. The van der Waals surface area contributed by atoms with Gasteiger partial charge < -0.3 is 4.90 Å². The zero-order valence-corrected chi connectivity index (χ0v) is 14.1. The summed E-state index contributed by atoms with van der Waals surface area (Å²) in [5.74, 6) is 0.0177. The van der Waals surface area contributed by atoms with Crippen molar-refractivity contribution >= 4 is 43.9 Å². The maximum Gasteiger partial charge on any atom is 0.258 e. The number of thiazole rings is 1. The largest absolute Gasteiger partial charge is 0.308 e. The summed E-state index contributed by atoms with van der Waals surface area (Å²) in [4.78, 5) is 19.2. The summed E-state index contributed by atoms with van der Waals surface area (Å²) in [6.45, 7) is 2.62. The molecule has 0 N–H and O–H groups in total. The second kappa shape index (κ2) is 6.06. The SMILES string of the molecule is CCN(C(=O)c1ccc2ncsc2c1)c1cccc2ccccc12. The Kier molecular flexibility index (Phi) is 3.75. The number of hydrogen-bond donors (Lipinski definition) is 0. The molecular weight excluding hydrogens is 316 g/mol. The summed E-state index contributed by atoms with van der Waals surface area (Å²) in [5.41, 5.74) is 4.39.